The summed E-state index contributed by atoms with van der Waals surface area (Å²) in [6.07, 6.45) is 1.18. The van der Waals surface area contributed by atoms with Crippen LogP contribution in [-0.2, 0) is 6.42 Å². The Bertz CT molecular complexity index is 472. The Morgan fingerprint density at radius 2 is 1.68 bits per heavy atom. The predicted octanol–water partition coefficient (Wildman–Crippen LogP) is 0.210. The minimum absolute atomic E-state index is 0.0250. The Balaban J connectivity index is 3.54. The molecule has 0 fully saturated rings. The fourth-order valence-corrected chi connectivity index (χ4v) is 1.91. The molecule has 0 bridgehead atoms. The summed E-state index contributed by atoms with van der Waals surface area (Å²) in [5, 5.41) is 10.1. The van der Waals surface area contributed by atoms with E-state index in [1.807, 2.05) is 6.92 Å². The molecule has 7 N–H and O–H groups in total. The van der Waals surface area contributed by atoms with Crippen LogP contribution in [0.15, 0.2) is 6.07 Å². The van der Waals surface area contributed by atoms with Gasteiger partial charge in [0, 0.05) is 16.8 Å². The number of phenols is 1. The van der Waals surface area contributed by atoms with E-state index in [1.165, 1.54) is 6.07 Å². The van der Waals surface area contributed by atoms with Gasteiger partial charge in [-0.2, -0.15) is 0 Å². The van der Waals surface area contributed by atoms with Gasteiger partial charge >= 0.3 is 0 Å². The van der Waals surface area contributed by atoms with Crippen molar-refractivity contribution >= 4 is 17.3 Å². The molecule has 6 heteroatoms. The van der Waals surface area contributed by atoms with Crippen LogP contribution in [0.1, 0.15) is 39.6 Å². The maximum Gasteiger partial charge on any atom is 0.180 e. The summed E-state index contributed by atoms with van der Waals surface area (Å²) >= 11 is 0. The lowest BCUT2D eigenvalue weighted by molar-refractivity contribution is 0.0998. The number of hydrogen-bond acceptors (Lipinski definition) is 6. The van der Waals surface area contributed by atoms with Gasteiger partial charge in [-0.1, -0.05) is 13.3 Å². The van der Waals surface area contributed by atoms with Crippen molar-refractivity contribution in [2.45, 2.75) is 19.8 Å². The van der Waals surface area contributed by atoms with Crippen molar-refractivity contribution in [3.63, 3.8) is 0 Å². The van der Waals surface area contributed by atoms with Gasteiger partial charge in [-0.25, -0.2) is 0 Å². The molecule has 1 rings (SSSR count). The molecule has 0 saturated carbocycles. The van der Waals surface area contributed by atoms with Crippen molar-refractivity contribution in [2.75, 3.05) is 18.8 Å². The molecular formula is C13H19N3O3. The first-order chi connectivity index (χ1) is 8.97. The van der Waals surface area contributed by atoms with E-state index >= 15 is 0 Å². The van der Waals surface area contributed by atoms with E-state index < -0.39 is 5.78 Å². The largest absolute Gasteiger partial charge is 0.507 e. The first-order valence-electron chi connectivity index (χ1n) is 6.08. The molecule has 0 aliphatic carbocycles. The highest BCUT2D eigenvalue weighted by molar-refractivity contribution is 6.08. The molecule has 1 aromatic carbocycles. The van der Waals surface area contributed by atoms with E-state index in [-0.39, 0.29) is 41.4 Å². The van der Waals surface area contributed by atoms with E-state index in [0.29, 0.717) is 18.4 Å². The number of carbonyl (C=O) groups is 2. The quantitative estimate of drug-likeness (QED) is 0.429. The monoisotopic (exact) mass is 265 g/mol. The maximum absolute atomic E-state index is 11.7. The van der Waals surface area contributed by atoms with Crippen molar-refractivity contribution in [3.05, 3.63) is 22.8 Å². The number of ketones is 2. The topological polar surface area (TPSA) is 132 Å². The minimum Gasteiger partial charge on any atom is -0.507 e. The first kappa shape index (κ1) is 15.1. The SMILES string of the molecule is CCCc1c(N)c(C(=O)CN)cc(C(=O)CN)c1O. The van der Waals surface area contributed by atoms with Crippen molar-refractivity contribution < 1.29 is 14.7 Å². The molecule has 0 aliphatic rings. The zero-order chi connectivity index (χ0) is 14.6. The number of benzene rings is 1. The molecule has 0 saturated heterocycles. The molecule has 0 aliphatic heterocycles. The number of nitrogen functional groups attached to an aromatic ring is 1. The molecule has 0 atom stereocenters. The Kier molecular flexibility index (Phi) is 5.02. The summed E-state index contributed by atoms with van der Waals surface area (Å²) in [6.45, 7) is 1.44. The summed E-state index contributed by atoms with van der Waals surface area (Å²) in [7, 11) is 0. The van der Waals surface area contributed by atoms with Crippen LogP contribution in [0.25, 0.3) is 0 Å². The third kappa shape index (κ3) is 2.91. The van der Waals surface area contributed by atoms with Crippen molar-refractivity contribution in [1.82, 2.24) is 0 Å². The maximum atomic E-state index is 11.7. The normalized spacial score (nSPS) is 10.5. The van der Waals surface area contributed by atoms with E-state index in [0.717, 1.165) is 0 Å². The number of aromatic hydroxyl groups is 1. The van der Waals surface area contributed by atoms with E-state index in [9.17, 15) is 14.7 Å². The number of rotatable bonds is 6. The third-order valence-corrected chi connectivity index (χ3v) is 2.92. The number of anilines is 1. The Labute approximate surface area is 111 Å². The number of nitrogens with two attached hydrogens (primary N) is 3. The summed E-state index contributed by atoms with van der Waals surface area (Å²) in [6, 6.07) is 1.27. The average Bonchev–Trinajstić information content (AvgIpc) is 2.42. The van der Waals surface area contributed by atoms with Crippen LogP contribution >= 0.6 is 0 Å². The summed E-state index contributed by atoms with van der Waals surface area (Å²) in [4.78, 5) is 23.4. The van der Waals surface area contributed by atoms with E-state index in [1.54, 1.807) is 0 Å². The van der Waals surface area contributed by atoms with Gasteiger partial charge in [-0.05, 0) is 12.5 Å². The molecule has 0 aromatic heterocycles. The number of hydrogen-bond donors (Lipinski definition) is 4. The molecule has 0 heterocycles. The lowest BCUT2D eigenvalue weighted by atomic mass is 9.94. The van der Waals surface area contributed by atoms with Gasteiger partial charge in [0.25, 0.3) is 0 Å². The Morgan fingerprint density at radius 1 is 1.16 bits per heavy atom. The van der Waals surface area contributed by atoms with Gasteiger partial charge in [0.1, 0.15) is 5.75 Å². The molecule has 0 radical (unpaired) electrons. The van der Waals surface area contributed by atoms with Crippen molar-refractivity contribution in [2.24, 2.45) is 11.5 Å². The van der Waals surface area contributed by atoms with Gasteiger partial charge in [0.15, 0.2) is 11.6 Å². The van der Waals surface area contributed by atoms with Gasteiger partial charge in [-0.3, -0.25) is 9.59 Å². The zero-order valence-corrected chi connectivity index (χ0v) is 10.9. The fraction of sp³-hybridized carbons (Fsp3) is 0.385. The smallest absolute Gasteiger partial charge is 0.180 e. The zero-order valence-electron chi connectivity index (χ0n) is 10.9. The van der Waals surface area contributed by atoms with Gasteiger partial charge in [0.2, 0.25) is 0 Å². The molecule has 104 valence electrons. The summed E-state index contributed by atoms with van der Waals surface area (Å²) < 4.78 is 0. The Hall–Kier alpha value is -1.92. The molecule has 0 amide bonds. The van der Waals surface area contributed by atoms with Crippen LogP contribution < -0.4 is 17.2 Å². The van der Waals surface area contributed by atoms with E-state index in [4.69, 9.17) is 17.2 Å². The highest BCUT2D eigenvalue weighted by Crippen LogP contribution is 2.32. The molecular weight excluding hydrogens is 246 g/mol. The lowest BCUT2D eigenvalue weighted by Gasteiger charge is -2.15. The highest BCUT2D eigenvalue weighted by atomic mass is 16.3. The lowest BCUT2D eigenvalue weighted by Crippen LogP contribution is -2.19. The Morgan fingerprint density at radius 3 is 2.16 bits per heavy atom. The van der Waals surface area contributed by atoms with Crippen LogP contribution in [0.5, 0.6) is 5.75 Å². The second-order valence-electron chi connectivity index (χ2n) is 4.22. The molecule has 0 spiro atoms. The second-order valence-corrected chi connectivity index (χ2v) is 4.22. The van der Waals surface area contributed by atoms with Gasteiger partial charge in [-0.15, -0.1) is 0 Å². The molecule has 19 heavy (non-hydrogen) atoms. The van der Waals surface area contributed by atoms with Gasteiger partial charge in [0.05, 0.1) is 18.7 Å². The van der Waals surface area contributed by atoms with Gasteiger partial charge < -0.3 is 22.3 Å². The standard InChI is InChI=1S/C13H19N3O3/c1-2-3-7-12(16)8(10(17)5-14)4-9(13(7)19)11(18)6-15/h4,19H,2-3,5-6,14-16H2,1H3. The number of phenolic OH excluding ortho intramolecular Hbond substituents is 1. The van der Waals surface area contributed by atoms with Crippen LogP contribution in [0.4, 0.5) is 5.69 Å². The molecule has 1 aromatic rings. The summed E-state index contributed by atoms with van der Waals surface area (Å²) in [5.74, 6) is -1.01. The predicted molar refractivity (Wildman–Crippen MR) is 73.3 cm³/mol. The van der Waals surface area contributed by atoms with Crippen LogP contribution in [-0.4, -0.2) is 29.8 Å². The van der Waals surface area contributed by atoms with E-state index in [2.05, 4.69) is 0 Å². The molecule has 6 nitrogen and oxygen atoms in total. The average molecular weight is 265 g/mol. The minimum atomic E-state index is -0.444. The molecule has 0 unspecified atom stereocenters. The van der Waals surface area contributed by atoms with Crippen LogP contribution in [0, 0.1) is 0 Å². The van der Waals surface area contributed by atoms with Crippen molar-refractivity contribution in [3.8, 4) is 5.75 Å². The fourth-order valence-electron chi connectivity index (χ4n) is 1.91. The van der Waals surface area contributed by atoms with Crippen LogP contribution in [0.2, 0.25) is 0 Å². The second kappa shape index (κ2) is 6.31. The summed E-state index contributed by atoms with van der Waals surface area (Å²) in [5.41, 5.74) is 17.3. The number of carbonyl (C=O) groups excluding carboxylic acids is 2. The number of Topliss-reactive ketones (excluding diaryl/α,β-unsaturated/α-hetero) is 2. The van der Waals surface area contributed by atoms with Crippen molar-refractivity contribution in [1.29, 1.82) is 0 Å². The third-order valence-electron chi connectivity index (χ3n) is 2.92. The first-order valence-corrected chi connectivity index (χ1v) is 6.08. The highest BCUT2D eigenvalue weighted by Gasteiger charge is 2.21. The van der Waals surface area contributed by atoms with Crippen LogP contribution in [0.3, 0.4) is 0 Å².